The molecule has 3 rings (SSSR count). The van der Waals surface area contributed by atoms with Gasteiger partial charge in [0.1, 0.15) is 11.6 Å². The number of anilines is 1. The summed E-state index contributed by atoms with van der Waals surface area (Å²) in [5.41, 5.74) is 0.236. The number of nitrogens with one attached hydrogen (secondary N) is 1. The Kier molecular flexibility index (Phi) is 3.11. The van der Waals surface area contributed by atoms with Crippen LogP contribution in [0.3, 0.4) is 0 Å². The summed E-state index contributed by atoms with van der Waals surface area (Å²) in [5, 5.41) is 2.99. The third-order valence-corrected chi connectivity index (χ3v) is 3.32. The number of nitrogens with zero attached hydrogens (tertiary/aromatic N) is 3. The maximum atomic E-state index is 12.4. The molecule has 1 aliphatic heterocycles. The van der Waals surface area contributed by atoms with Crippen molar-refractivity contribution in [2.24, 2.45) is 0 Å². The van der Waals surface area contributed by atoms with E-state index in [2.05, 4.69) is 20.3 Å². The number of hydrogen-bond donors (Lipinski definition) is 1. The zero-order valence-corrected chi connectivity index (χ0v) is 11.3. The Bertz CT molecular complexity index is 735. The lowest BCUT2D eigenvalue weighted by atomic mass is 9.93. The van der Waals surface area contributed by atoms with Gasteiger partial charge in [0.25, 0.3) is 0 Å². The summed E-state index contributed by atoms with van der Waals surface area (Å²) >= 11 is 11.8. The van der Waals surface area contributed by atoms with Crippen molar-refractivity contribution >= 4 is 40.7 Å². The van der Waals surface area contributed by atoms with Crippen molar-refractivity contribution in [2.45, 2.75) is 5.92 Å². The van der Waals surface area contributed by atoms with Crippen molar-refractivity contribution in [1.29, 1.82) is 0 Å². The smallest absolute Gasteiger partial charge is 0.242 e. The van der Waals surface area contributed by atoms with Crippen molar-refractivity contribution in [2.75, 3.05) is 5.32 Å². The van der Waals surface area contributed by atoms with E-state index in [4.69, 9.17) is 23.2 Å². The van der Waals surface area contributed by atoms with E-state index in [1.165, 1.54) is 24.7 Å². The molecule has 1 amide bonds. The van der Waals surface area contributed by atoms with Gasteiger partial charge in [-0.3, -0.25) is 14.6 Å². The number of carbonyl (C=O) groups is 2. The van der Waals surface area contributed by atoms with Crippen LogP contribution in [0.25, 0.3) is 0 Å². The van der Waals surface area contributed by atoms with Gasteiger partial charge in [-0.05, 0) is 6.07 Å². The Morgan fingerprint density at radius 2 is 1.85 bits per heavy atom. The van der Waals surface area contributed by atoms with E-state index >= 15 is 0 Å². The first-order valence-electron chi connectivity index (χ1n) is 5.55. The number of carbonyl (C=O) groups excluding carboxylic acids is 2. The van der Waals surface area contributed by atoms with E-state index in [-0.39, 0.29) is 22.2 Å². The number of ketones is 1. The zero-order valence-electron chi connectivity index (χ0n) is 9.80. The Morgan fingerprint density at radius 1 is 1.10 bits per heavy atom. The fourth-order valence-corrected chi connectivity index (χ4v) is 2.43. The number of fused-ring (bicyclic) bond motifs is 1. The Balaban J connectivity index is 2.11. The second-order valence-electron chi connectivity index (χ2n) is 4.06. The van der Waals surface area contributed by atoms with Gasteiger partial charge in [-0.1, -0.05) is 23.2 Å². The number of pyridine rings is 1. The Morgan fingerprint density at radius 3 is 2.60 bits per heavy atom. The molecule has 1 atom stereocenters. The third kappa shape index (κ3) is 2.03. The van der Waals surface area contributed by atoms with Gasteiger partial charge in [0, 0.05) is 18.6 Å². The molecule has 0 aromatic carbocycles. The summed E-state index contributed by atoms with van der Waals surface area (Å²) in [4.78, 5) is 36.3. The Hall–Kier alpha value is -2.05. The van der Waals surface area contributed by atoms with E-state index in [1.54, 1.807) is 0 Å². The molecule has 20 heavy (non-hydrogen) atoms. The van der Waals surface area contributed by atoms with E-state index in [0.717, 1.165) is 0 Å². The maximum Gasteiger partial charge on any atom is 0.242 e. The van der Waals surface area contributed by atoms with Gasteiger partial charge < -0.3 is 5.32 Å². The molecular weight excluding hydrogens is 303 g/mol. The third-order valence-electron chi connectivity index (χ3n) is 2.81. The molecule has 0 spiro atoms. The number of rotatable bonds is 1. The standard InChI is InChI=1S/C12H6Cl2N4O2/c13-5-3-6(14)8(17-4-5)7-10(19)9-11(18-12(7)20)16-2-1-15-9/h1-4,7H,(H,16,18,20). The molecule has 1 unspecified atom stereocenters. The summed E-state index contributed by atoms with van der Waals surface area (Å²) in [7, 11) is 0. The van der Waals surface area contributed by atoms with Gasteiger partial charge in [0.05, 0.1) is 15.7 Å². The molecule has 6 nitrogen and oxygen atoms in total. The van der Waals surface area contributed by atoms with Crippen LogP contribution in [-0.4, -0.2) is 26.6 Å². The number of halogens is 2. The van der Waals surface area contributed by atoms with Crippen LogP contribution in [0.4, 0.5) is 5.82 Å². The van der Waals surface area contributed by atoms with E-state index in [9.17, 15) is 9.59 Å². The molecule has 0 bridgehead atoms. The highest BCUT2D eigenvalue weighted by atomic mass is 35.5. The van der Waals surface area contributed by atoms with Crippen LogP contribution in [0.2, 0.25) is 10.0 Å². The summed E-state index contributed by atoms with van der Waals surface area (Å²) in [5.74, 6) is -2.04. The predicted molar refractivity (Wildman–Crippen MR) is 72.0 cm³/mol. The van der Waals surface area contributed by atoms with Crippen LogP contribution in [-0.2, 0) is 4.79 Å². The van der Waals surface area contributed by atoms with Crippen molar-refractivity contribution in [1.82, 2.24) is 15.0 Å². The molecule has 1 aliphatic rings. The Labute approximate surface area is 123 Å². The van der Waals surface area contributed by atoms with Crippen LogP contribution in [0, 0.1) is 0 Å². The highest BCUT2D eigenvalue weighted by Gasteiger charge is 2.39. The minimum absolute atomic E-state index is 0.0879. The lowest BCUT2D eigenvalue weighted by Crippen LogP contribution is -2.35. The van der Waals surface area contributed by atoms with Gasteiger partial charge in [-0.15, -0.1) is 0 Å². The summed E-state index contributed by atoms with van der Waals surface area (Å²) in [6.07, 6.45) is 4.10. The summed E-state index contributed by atoms with van der Waals surface area (Å²) in [6, 6.07) is 1.43. The van der Waals surface area contributed by atoms with Gasteiger partial charge in [0.2, 0.25) is 11.7 Å². The first-order valence-corrected chi connectivity index (χ1v) is 6.30. The van der Waals surface area contributed by atoms with Crippen LogP contribution in [0.1, 0.15) is 22.1 Å². The fourth-order valence-electron chi connectivity index (χ4n) is 1.94. The molecule has 2 aromatic rings. The molecule has 0 saturated heterocycles. The molecule has 2 aromatic heterocycles. The number of hydrogen-bond acceptors (Lipinski definition) is 5. The molecule has 100 valence electrons. The van der Waals surface area contributed by atoms with E-state index in [0.29, 0.717) is 5.02 Å². The average Bonchev–Trinajstić information content (AvgIpc) is 2.41. The van der Waals surface area contributed by atoms with Gasteiger partial charge in [0.15, 0.2) is 5.82 Å². The van der Waals surface area contributed by atoms with Crippen LogP contribution >= 0.6 is 23.2 Å². The molecule has 1 N–H and O–H groups in total. The molecule has 3 heterocycles. The van der Waals surface area contributed by atoms with Crippen molar-refractivity contribution in [3.63, 3.8) is 0 Å². The van der Waals surface area contributed by atoms with Crippen LogP contribution < -0.4 is 5.32 Å². The molecule has 0 saturated carbocycles. The molecule has 0 radical (unpaired) electrons. The van der Waals surface area contributed by atoms with Gasteiger partial charge >= 0.3 is 0 Å². The van der Waals surface area contributed by atoms with Crippen molar-refractivity contribution < 1.29 is 9.59 Å². The topological polar surface area (TPSA) is 84.8 Å². The first kappa shape index (κ1) is 13.0. The van der Waals surface area contributed by atoms with Crippen LogP contribution in [0.5, 0.6) is 0 Å². The monoisotopic (exact) mass is 308 g/mol. The van der Waals surface area contributed by atoms with E-state index < -0.39 is 17.6 Å². The van der Waals surface area contributed by atoms with E-state index in [1.807, 2.05) is 0 Å². The minimum atomic E-state index is -1.15. The fraction of sp³-hybridized carbons (Fsp3) is 0.0833. The van der Waals surface area contributed by atoms with Crippen molar-refractivity contribution in [3.8, 4) is 0 Å². The van der Waals surface area contributed by atoms with Crippen LogP contribution in [0.15, 0.2) is 24.7 Å². The molecule has 8 heteroatoms. The predicted octanol–water partition coefficient (Wildman–Crippen LogP) is 2.10. The van der Waals surface area contributed by atoms with Gasteiger partial charge in [-0.2, -0.15) is 0 Å². The summed E-state index contributed by atoms with van der Waals surface area (Å²) in [6.45, 7) is 0. The number of amides is 1. The second-order valence-corrected chi connectivity index (χ2v) is 4.90. The lowest BCUT2D eigenvalue weighted by Gasteiger charge is -2.21. The average molecular weight is 309 g/mol. The quantitative estimate of drug-likeness (QED) is 0.815. The van der Waals surface area contributed by atoms with Gasteiger partial charge in [-0.25, -0.2) is 9.97 Å². The summed E-state index contributed by atoms with van der Waals surface area (Å²) < 4.78 is 0. The second kappa shape index (κ2) is 4.81. The molecular formula is C12H6Cl2N4O2. The molecule has 0 fully saturated rings. The largest absolute Gasteiger partial charge is 0.308 e. The normalized spacial score (nSPS) is 17.6. The number of aromatic nitrogens is 3. The molecule has 0 aliphatic carbocycles. The first-order chi connectivity index (χ1) is 9.58. The lowest BCUT2D eigenvalue weighted by molar-refractivity contribution is -0.116. The highest BCUT2D eigenvalue weighted by molar-refractivity contribution is 6.35. The zero-order chi connectivity index (χ0) is 14.3. The maximum absolute atomic E-state index is 12.4. The number of Topliss-reactive ketones (excluding diaryl/α,β-unsaturated/α-hetero) is 1. The van der Waals surface area contributed by atoms with Crippen molar-refractivity contribution in [3.05, 3.63) is 46.1 Å². The minimum Gasteiger partial charge on any atom is -0.308 e. The SMILES string of the molecule is O=C1Nc2nccnc2C(=O)C1c1ncc(Cl)cc1Cl. The highest BCUT2D eigenvalue weighted by Crippen LogP contribution is 2.32.